The van der Waals surface area contributed by atoms with Crippen molar-refractivity contribution in [3.8, 4) is 5.75 Å². The highest BCUT2D eigenvalue weighted by Crippen LogP contribution is 2.33. The van der Waals surface area contributed by atoms with Crippen molar-refractivity contribution in [1.82, 2.24) is 20.2 Å². The quantitative estimate of drug-likeness (QED) is 0.420. The van der Waals surface area contributed by atoms with Crippen molar-refractivity contribution >= 4 is 38.5 Å². The Labute approximate surface area is 184 Å². The second-order valence-corrected chi connectivity index (χ2v) is 9.31. The number of methoxy groups -OCH3 is 1. The zero-order chi connectivity index (χ0) is 22.3. The lowest BCUT2D eigenvalue weighted by Crippen LogP contribution is -2.45. The number of fused-ring (bicyclic) bond motifs is 2. The van der Waals surface area contributed by atoms with Gasteiger partial charge in [0.15, 0.2) is 5.65 Å². The number of nitrogen functional groups attached to an aromatic ring is 1. The highest BCUT2D eigenvalue weighted by atomic mass is 32.2. The molecule has 32 heavy (non-hydrogen) atoms. The first-order valence-corrected chi connectivity index (χ1v) is 11.4. The van der Waals surface area contributed by atoms with E-state index in [1.54, 1.807) is 30.5 Å². The average Bonchev–Trinajstić information content (AvgIpc) is 3.27. The van der Waals surface area contributed by atoms with Crippen LogP contribution >= 0.6 is 0 Å². The highest BCUT2D eigenvalue weighted by Gasteiger charge is 2.33. The predicted octanol–water partition coefficient (Wildman–Crippen LogP) is 2.18. The zero-order valence-electron chi connectivity index (χ0n) is 17.2. The van der Waals surface area contributed by atoms with Gasteiger partial charge in [0, 0.05) is 0 Å². The van der Waals surface area contributed by atoms with E-state index in [9.17, 15) is 8.42 Å². The van der Waals surface area contributed by atoms with Crippen LogP contribution in [-0.4, -0.2) is 48.3 Å². The lowest BCUT2D eigenvalue weighted by molar-refractivity contribution is 0.414. The van der Waals surface area contributed by atoms with Crippen LogP contribution in [0, 0.1) is 0 Å². The number of hydrogen-bond acceptors (Lipinski definition) is 8. The fourth-order valence-electron chi connectivity index (χ4n) is 3.91. The van der Waals surface area contributed by atoms with Crippen molar-refractivity contribution in [2.75, 3.05) is 29.0 Å². The van der Waals surface area contributed by atoms with Crippen LogP contribution in [0.15, 0.2) is 59.6 Å². The molecule has 0 fully saturated rings. The summed E-state index contributed by atoms with van der Waals surface area (Å²) in [4.78, 5) is 8.62. The molecule has 1 atom stereocenters. The number of benzene rings is 2. The molecule has 0 aliphatic carbocycles. The van der Waals surface area contributed by atoms with Gasteiger partial charge in [0.2, 0.25) is 5.95 Å². The summed E-state index contributed by atoms with van der Waals surface area (Å²) in [5, 5.41) is 10.8. The smallest absolute Gasteiger partial charge is 0.264 e. The molecule has 1 aliphatic rings. The third-order valence-corrected chi connectivity index (χ3v) is 7.22. The van der Waals surface area contributed by atoms with Crippen LogP contribution in [-0.2, 0) is 16.4 Å². The summed E-state index contributed by atoms with van der Waals surface area (Å²) in [6, 6.07) is 13.6. The van der Waals surface area contributed by atoms with Crippen molar-refractivity contribution in [2.45, 2.75) is 17.4 Å². The van der Waals surface area contributed by atoms with Gasteiger partial charge in [0.25, 0.3) is 10.0 Å². The van der Waals surface area contributed by atoms with Gasteiger partial charge in [-0.15, -0.1) is 0 Å². The summed E-state index contributed by atoms with van der Waals surface area (Å²) in [5.41, 5.74) is 7.93. The lowest BCUT2D eigenvalue weighted by atomic mass is 9.99. The number of sulfonamides is 1. The standard InChI is InChI=1S/C21H21N7O3S/c1-31-15-6-8-16(9-7-15)32(29,30)28-12-14(10-13-4-2-3-5-18(13)28)24-19-17-11-23-27-20(17)26-21(22)25-19/h2-9,11,14H,10,12H2,1H3,(H4,22,23,24,25,26,27). The van der Waals surface area contributed by atoms with Crippen molar-refractivity contribution in [2.24, 2.45) is 0 Å². The maximum Gasteiger partial charge on any atom is 0.264 e. The summed E-state index contributed by atoms with van der Waals surface area (Å²) in [6.45, 7) is 0.217. The number of nitrogens with one attached hydrogen (secondary N) is 2. The van der Waals surface area contributed by atoms with Crippen LogP contribution in [0.4, 0.5) is 17.5 Å². The van der Waals surface area contributed by atoms with E-state index in [2.05, 4.69) is 25.5 Å². The topological polar surface area (TPSA) is 139 Å². The molecule has 0 saturated heterocycles. The van der Waals surface area contributed by atoms with Crippen molar-refractivity contribution < 1.29 is 13.2 Å². The second kappa shape index (κ2) is 7.68. The predicted molar refractivity (Wildman–Crippen MR) is 121 cm³/mol. The minimum Gasteiger partial charge on any atom is -0.497 e. The Morgan fingerprint density at radius 1 is 1.16 bits per heavy atom. The number of aromatic amines is 1. The Morgan fingerprint density at radius 2 is 1.94 bits per heavy atom. The first-order chi connectivity index (χ1) is 15.5. The van der Waals surface area contributed by atoms with E-state index >= 15 is 0 Å². The van der Waals surface area contributed by atoms with Gasteiger partial charge in [0.1, 0.15) is 11.6 Å². The zero-order valence-corrected chi connectivity index (χ0v) is 18.0. The Morgan fingerprint density at radius 3 is 2.72 bits per heavy atom. The van der Waals surface area contributed by atoms with E-state index in [-0.39, 0.29) is 23.4 Å². The molecule has 3 heterocycles. The number of ether oxygens (including phenoxy) is 1. The molecule has 4 N–H and O–H groups in total. The Kier molecular flexibility index (Phi) is 4.82. The molecule has 0 radical (unpaired) electrons. The molecule has 10 nitrogen and oxygen atoms in total. The van der Waals surface area contributed by atoms with Gasteiger partial charge in [-0.1, -0.05) is 18.2 Å². The molecule has 0 spiro atoms. The summed E-state index contributed by atoms with van der Waals surface area (Å²) < 4.78 is 33.7. The highest BCUT2D eigenvalue weighted by molar-refractivity contribution is 7.92. The minimum atomic E-state index is -3.80. The van der Waals surface area contributed by atoms with Crippen LogP contribution in [0.5, 0.6) is 5.75 Å². The van der Waals surface area contributed by atoms with Crippen LogP contribution in [0.25, 0.3) is 11.0 Å². The Balaban J connectivity index is 1.52. The number of nitrogens with two attached hydrogens (primary N) is 1. The largest absolute Gasteiger partial charge is 0.497 e. The molecule has 0 bridgehead atoms. The number of rotatable bonds is 5. The fraction of sp³-hybridized carbons (Fsp3) is 0.190. The maximum absolute atomic E-state index is 13.6. The number of aromatic nitrogens is 4. The van der Waals surface area contributed by atoms with E-state index < -0.39 is 10.0 Å². The monoisotopic (exact) mass is 451 g/mol. The molecule has 2 aromatic carbocycles. The van der Waals surface area contributed by atoms with Gasteiger partial charge >= 0.3 is 0 Å². The molecule has 0 amide bonds. The van der Waals surface area contributed by atoms with Crippen LogP contribution < -0.4 is 20.1 Å². The van der Waals surface area contributed by atoms with E-state index in [1.807, 2.05) is 24.3 Å². The first kappa shape index (κ1) is 20.1. The third kappa shape index (κ3) is 3.46. The molecule has 1 unspecified atom stereocenters. The molecule has 1 aliphatic heterocycles. The molecular weight excluding hydrogens is 430 g/mol. The molecule has 2 aromatic heterocycles. The van der Waals surface area contributed by atoms with Crippen LogP contribution in [0.2, 0.25) is 0 Å². The van der Waals surface area contributed by atoms with E-state index in [0.717, 1.165) is 5.56 Å². The van der Waals surface area contributed by atoms with Gasteiger partial charge < -0.3 is 15.8 Å². The van der Waals surface area contributed by atoms with Crippen LogP contribution in [0.3, 0.4) is 0 Å². The number of para-hydroxylation sites is 1. The van der Waals surface area contributed by atoms with Gasteiger partial charge in [-0.2, -0.15) is 15.1 Å². The van der Waals surface area contributed by atoms with Gasteiger partial charge in [-0.05, 0) is 42.3 Å². The Hall–Kier alpha value is -3.86. The molecule has 164 valence electrons. The van der Waals surface area contributed by atoms with E-state index in [0.29, 0.717) is 34.7 Å². The van der Waals surface area contributed by atoms with Crippen molar-refractivity contribution in [3.63, 3.8) is 0 Å². The normalized spacial score (nSPS) is 16.0. The molecular formula is C21H21N7O3S. The van der Waals surface area contributed by atoms with E-state index in [4.69, 9.17) is 10.5 Å². The summed E-state index contributed by atoms with van der Waals surface area (Å²) in [5.74, 6) is 1.20. The van der Waals surface area contributed by atoms with Crippen molar-refractivity contribution in [1.29, 1.82) is 0 Å². The van der Waals surface area contributed by atoms with Crippen molar-refractivity contribution in [3.05, 3.63) is 60.3 Å². The lowest BCUT2D eigenvalue weighted by Gasteiger charge is -2.35. The average molecular weight is 452 g/mol. The second-order valence-electron chi connectivity index (χ2n) is 7.45. The molecule has 5 rings (SSSR count). The molecule has 4 aromatic rings. The summed E-state index contributed by atoms with van der Waals surface area (Å²) >= 11 is 0. The number of nitrogens with zero attached hydrogens (tertiary/aromatic N) is 4. The third-order valence-electron chi connectivity index (χ3n) is 5.43. The summed E-state index contributed by atoms with van der Waals surface area (Å²) in [6.07, 6.45) is 2.23. The number of H-pyrrole nitrogens is 1. The van der Waals surface area contributed by atoms with Gasteiger partial charge in [-0.25, -0.2) is 8.42 Å². The van der Waals surface area contributed by atoms with Gasteiger partial charge in [0.05, 0.1) is 41.9 Å². The molecule has 11 heteroatoms. The minimum absolute atomic E-state index is 0.100. The fourth-order valence-corrected chi connectivity index (χ4v) is 5.46. The SMILES string of the molecule is COc1ccc(S(=O)(=O)N2CC(Nc3nc(N)nc4[nH]ncc34)Cc3ccccc32)cc1. The summed E-state index contributed by atoms with van der Waals surface area (Å²) in [7, 11) is -2.26. The number of anilines is 3. The molecule has 0 saturated carbocycles. The van der Waals surface area contributed by atoms with Gasteiger partial charge in [-0.3, -0.25) is 9.40 Å². The number of hydrogen-bond donors (Lipinski definition) is 3. The Bertz CT molecular complexity index is 1390. The first-order valence-electron chi connectivity index (χ1n) is 9.93. The van der Waals surface area contributed by atoms with E-state index in [1.165, 1.54) is 11.4 Å². The van der Waals surface area contributed by atoms with Crippen LogP contribution in [0.1, 0.15) is 5.56 Å². The maximum atomic E-state index is 13.6.